The number of ether oxygens (including phenoxy) is 1. The standard InChI is InChI=1S/C28H25ClN6O/c29-23-10-7-20-8-11-24(30-26(20)16-23)18-36-25-6-1-3-19(15-25)17-35-14-13-22-5-2-4-21(28(22)35)9-12-27-31-33-34-32-27/h1-8,10-11,15-16H,9,12-14,17-18H2,(H,31,32,33,34). The molecule has 36 heavy (non-hydrogen) atoms. The van der Waals surface area contributed by atoms with E-state index in [0.29, 0.717) is 11.6 Å². The van der Waals surface area contributed by atoms with Gasteiger partial charge in [0.2, 0.25) is 0 Å². The zero-order chi connectivity index (χ0) is 24.3. The van der Waals surface area contributed by atoms with Crippen molar-refractivity contribution in [1.82, 2.24) is 25.6 Å². The lowest BCUT2D eigenvalue weighted by molar-refractivity contribution is 0.301. The average Bonchev–Trinajstić information content (AvgIpc) is 3.57. The maximum atomic E-state index is 6.13. The van der Waals surface area contributed by atoms with Gasteiger partial charge in [0.1, 0.15) is 18.2 Å². The normalized spacial score (nSPS) is 12.8. The van der Waals surface area contributed by atoms with Crippen molar-refractivity contribution in [2.75, 3.05) is 11.4 Å². The highest BCUT2D eigenvalue weighted by Gasteiger charge is 2.22. The van der Waals surface area contributed by atoms with Gasteiger partial charge in [0.05, 0.1) is 11.2 Å². The van der Waals surface area contributed by atoms with Crippen molar-refractivity contribution in [1.29, 1.82) is 0 Å². The van der Waals surface area contributed by atoms with Crippen LogP contribution in [0.2, 0.25) is 5.02 Å². The van der Waals surface area contributed by atoms with Gasteiger partial charge in [-0.15, -0.1) is 5.10 Å². The second-order valence-electron chi connectivity index (χ2n) is 9.02. The minimum absolute atomic E-state index is 0.402. The molecule has 7 nitrogen and oxygen atoms in total. The second kappa shape index (κ2) is 9.95. The van der Waals surface area contributed by atoms with E-state index in [1.54, 1.807) is 0 Å². The molecule has 8 heteroatoms. The highest BCUT2D eigenvalue weighted by molar-refractivity contribution is 6.31. The number of para-hydroxylation sites is 1. The number of aryl methyl sites for hydroxylation is 2. The Bertz CT molecular complexity index is 1500. The quantitative estimate of drug-likeness (QED) is 0.313. The van der Waals surface area contributed by atoms with Gasteiger partial charge >= 0.3 is 0 Å². The largest absolute Gasteiger partial charge is 0.487 e. The van der Waals surface area contributed by atoms with E-state index in [2.05, 4.69) is 68.0 Å². The molecule has 0 unspecified atom stereocenters. The van der Waals surface area contributed by atoms with E-state index in [1.807, 2.05) is 30.3 Å². The number of tetrazole rings is 1. The first kappa shape index (κ1) is 22.5. The SMILES string of the molecule is Clc1ccc2ccc(COc3cccc(CN4CCc5cccc(CCc6nnn[nH]6)c54)c3)nc2c1. The Kier molecular flexibility index (Phi) is 6.22. The van der Waals surface area contributed by atoms with Gasteiger partial charge in [-0.05, 0) is 70.3 Å². The van der Waals surface area contributed by atoms with Crippen molar-refractivity contribution >= 4 is 28.2 Å². The molecule has 0 saturated heterocycles. The van der Waals surface area contributed by atoms with Crippen LogP contribution in [-0.2, 0) is 32.4 Å². The number of aromatic nitrogens is 5. The topological polar surface area (TPSA) is 79.8 Å². The number of rotatable bonds is 8. The van der Waals surface area contributed by atoms with Crippen LogP contribution in [0.5, 0.6) is 5.75 Å². The summed E-state index contributed by atoms with van der Waals surface area (Å²) in [6.07, 6.45) is 2.74. The van der Waals surface area contributed by atoms with Crippen LogP contribution in [0.3, 0.4) is 0 Å². The molecule has 0 atom stereocenters. The number of nitrogens with one attached hydrogen (secondary N) is 1. The number of hydrogen-bond donors (Lipinski definition) is 1. The molecule has 1 aliphatic heterocycles. The van der Waals surface area contributed by atoms with E-state index in [1.165, 1.54) is 22.4 Å². The van der Waals surface area contributed by atoms with Crippen molar-refractivity contribution in [3.05, 3.63) is 106 Å². The Hall–Kier alpha value is -3.97. The summed E-state index contributed by atoms with van der Waals surface area (Å²) in [5.74, 6) is 1.65. The fourth-order valence-corrected chi connectivity index (χ4v) is 5.01. The van der Waals surface area contributed by atoms with Crippen LogP contribution in [0.4, 0.5) is 5.69 Å². The van der Waals surface area contributed by atoms with E-state index in [0.717, 1.165) is 60.5 Å². The third-order valence-electron chi connectivity index (χ3n) is 6.56. The minimum Gasteiger partial charge on any atom is -0.487 e. The average molecular weight is 497 g/mol. The van der Waals surface area contributed by atoms with Crippen LogP contribution in [0.15, 0.2) is 72.8 Å². The smallest absolute Gasteiger partial charge is 0.148 e. The number of aromatic amines is 1. The van der Waals surface area contributed by atoms with Crippen molar-refractivity contribution in [3.63, 3.8) is 0 Å². The maximum Gasteiger partial charge on any atom is 0.148 e. The summed E-state index contributed by atoms with van der Waals surface area (Å²) in [6.45, 7) is 2.24. The summed E-state index contributed by atoms with van der Waals surface area (Å²) in [7, 11) is 0. The predicted octanol–water partition coefficient (Wildman–Crippen LogP) is 5.33. The van der Waals surface area contributed by atoms with Gasteiger partial charge in [-0.3, -0.25) is 0 Å². The molecule has 180 valence electrons. The second-order valence-corrected chi connectivity index (χ2v) is 9.46. The molecule has 0 radical (unpaired) electrons. The van der Waals surface area contributed by atoms with E-state index in [-0.39, 0.29) is 0 Å². The third-order valence-corrected chi connectivity index (χ3v) is 6.80. The Labute approximate surface area is 214 Å². The third kappa shape index (κ3) is 4.88. The lowest BCUT2D eigenvalue weighted by Gasteiger charge is -2.23. The van der Waals surface area contributed by atoms with E-state index < -0.39 is 0 Å². The summed E-state index contributed by atoms with van der Waals surface area (Å²) in [5.41, 5.74) is 7.04. The minimum atomic E-state index is 0.402. The Morgan fingerprint density at radius 1 is 0.972 bits per heavy atom. The summed E-state index contributed by atoms with van der Waals surface area (Å²) < 4.78 is 6.11. The van der Waals surface area contributed by atoms with Crippen LogP contribution in [0.25, 0.3) is 10.9 Å². The summed E-state index contributed by atoms with van der Waals surface area (Å²) in [5, 5.41) is 16.0. The Morgan fingerprint density at radius 3 is 2.81 bits per heavy atom. The van der Waals surface area contributed by atoms with E-state index >= 15 is 0 Å². The number of halogens is 1. The number of H-pyrrole nitrogens is 1. The molecule has 1 aliphatic rings. The molecular formula is C28H25ClN6O. The highest BCUT2D eigenvalue weighted by atomic mass is 35.5. The summed E-state index contributed by atoms with van der Waals surface area (Å²) in [6, 6.07) is 24.7. The fraction of sp³-hybridized carbons (Fsp3) is 0.214. The van der Waals surface area contributed by atoms with Gasteiger partial charge in [-0.25, -0.2) is 10.1 Å². The monoisotopic (exact) mass is 496 g/mol. The van der Waals surface area contributed by atoms with Gasteiger partial charge in [0, 0.05) is 35.6 Å². The van der Waals surface area contributed by atoms with E-state index in [9.17, 15) is 0 Å². The predicted molar refractivity (Wildman–Crippen MR) is 140 cm³/mol. The zero-order valence-electron chi connectivity index (χ0n) is 19.7. The first-order valence-electron chi connectivity index (χ1n) is 12.1. The number of benzene rings is 3. The van der Waals surface area contributed by atoms with Gasteiger partial charge in [-0.2, -0.15) is 0 Å². The molecule has 0 bridgehead atoms. The van der Waals surface area contributed by atoms with Gasteiger partial charge in [0.25, 0.3) is 0 Å². The first-order valence-corrected chi connectivity index (χ1v) is 12.4. The molecule has 3 aromatic carbocycles. The number of anilines is 1. The number of hydrogen-bond acceptors (Lipinski definition) is 6. The number of nitrogens with zero attached hydrogens (tertiary/aromatic N) is 5. The van der Waals surface area contributed by atoms with Crippen molar-refractivity contribution in [2.24, 2.45) is 0 Å². The van der Waals surface area contributed by atoms with E-state index in [4.69, 9.17) is 21.3 Å². The lowest BCUT2D eigenvalue weighted by atomic mass is 10.0. The Balaban J connectivity index is 1.14. The van der Waals surface area contributed by atoms with Crippen LogP contribution in [-0.4, -0.2) is 32.2 Å². The molecule has 0 fully saturated rings. The first-order chi connectivity index (χ1) is 17.7. The van der Waals surface area contributed by atoms with Gasteiger partial charge in [0.15, 0.2) is 0 Å². The lowest BCUT2D eigenvalue weighted by Crippen LogP contribution is -2.21. The summed E-state index contributed by atoms with van der Waals surface area (Å²) >= 11 is 6.13. The molecule has 5 aromatic rings. The number of pyridine rings is 1. The van der Waals surface area contributed by atoms with Crippen molar-refractivity contribution < 1.29 is 4.74 Å². The molecule has 0 aliphatic carbocycles. The molecular weight excluding hydrogens is 472 g/mol. The highest BCUT2D eigenvalue weighted by Crippen LogP contribution is 2.34. The maximum absolute atomic E-state index is 6.13. The van der Waals surface area contributed by atoms with Crippen LogP contribution < -0.4 is 9.64 Å². The summed E-state index contributed by atoms with van der Waals surface area (Å²) in [4.78, 5) is 7.16. The zero-order valence-corrected chi connectivity index (χ0v) is 20.4. The molecule has 0 saturated carbocycles. The van der Waals surface area contributed by atoms with Crippen molar-refractivity contribution in [3.8, 4) is 5.75 Å². The molecule has 3 heterocycles. The van der Waals surface area contributed by atoms with Crippen LogP contribution in [0, 0.1) is 0 Å². The molecule has 6 rings (SSSR count). The molecule has 0 amide bonds. The van der Waals surface area contributed by atoms with Crippen molar-refractivity contribution in [2.45, 2.75) is 32.4 Å². The fourth-order valence-electron chi connectivity index (χ4n) is 4.84. The van der Waals surface area contributed by atoms with Crippen LogP contribution in [0.1, 0.15) is 28.2 Å². The van der Waals surface area contributed by atoms with Gasteiger partial charge < -0.3 is 9.64 Å². The molecule has 0 spiro atoms. The van der Waals surface area contributed by atoms with Crippen LogP contribution >= 0.6 is 11.6 Å². The molecule has 2 aromatic heterocycles. The molecule has 1 N–H and O–H groups in total. The van der Waals surface area contributed by atoms with Gasteiger partial charge in [-0.1, -0.05) is 54.1 Å². The number of fused-ring (bicyclic) bond motifs is 2. The Morgan fingerprint density at radius 2 is 1.89 bits per heavy atom.